The minimum atomic E-state index is 0. The van der Waals surface area contributed by atoms with Gasteiger partial charge in [0.25, 0.3) is 0 Å². The van der Waals surface area contributed by atoms with Gasteiger partial charge in [0.1, 0.15) is 5.75 Å². The zero-order chi connectivity index (χ0) is 14.9. The van der Waals surface area contributed by atoms with Crippen LogP contribution >= 0.6 is 28.3 Å². The van der Waals surface area contributed by atoms with Gasteiger partial charge < -0.3 is 15.4 Å². The highest BCUT2D eigenvalue weighted by atomic mass is 79.9. The molecule has 4 nitrogen and oxygen atoms in total. The van der Waals surface area contributed by atoms with Crippen LogP contribution in [0.4, 0.5) is 0 Å². The molecule has 1 aliphatic rings. The van der Waals surface area contributed by atoms with Gasteiger partial charge in [-0.2, -0.15) is 0 Å². The number of carbonyl (C=O) groups is 1. The molecule has 1 saturated heterocycles. The van der Waals surface area contributed by atoms with Crippen molar-refractivity contribution in [3.05, 3.63) is 28.7 Å². The summed E-state index contributed by atoms with van der Waals surface area (Å²) in [6, 6.07) is 7.66. The van der Waals surface area contributed by atoms with E-state index in [-0.39, 0.29) is 18.3 Å². The summed E-state index contributed by atoms with van der Waals surface area (Å²) >= 11 is 3.42. The Bertz CT molecular complexity index is 454. The van der Waals surface area contributed by atoms with Gasteiger partial charge in [-0.15, -0.1) is 12.4 Å². The second-order valence-electron chi connectivity index (χ2n) is 5.38. The number of hydrogen-bond donors (Lipinski definition) is 2. The van der Waals surface area contributed by atoms with Crippen molar-refractivity contribution in [3.8, 4) is 5.75 Å². The number of carbonyl (C=O) groups excluding carboxylic acids is 1. The molecule has 124 valence electrons. The van der Waals surface area contributed by atoms with E-state index in [2.05, 4.69) is 26.6 Å². The minimum absolute atomic E-state index is 0. The molecule has 1 unspecified atom stereocenters. The standard InChI is InChI=1S/C16H23BrN2O2.ClH/c17-14-5-1-2-6-15(14)21-11-8-16(20)19-10-7-13-4-3-9-18-12-13;/h1-2,5-6,13,18H,3-4,7-12H2,(H,19,20);1H. The summed E-state index contributed by atoms with van der Waals surface area (Å²) in [5, 5.41) is 6.37. The van der Waals surface area contributed by atoms with Gasteiger partial charge in [-0.3, -0.25) is 4.79 Å². The molecule has 0 saturated carbocycles. The molecular weight excluding hydrogens is 368 g/mol. The fourth-order valence-electron chi connectivity index (χ4n) is 2.49. The van der Waals surface area contributed by atoms with Crippen LogP contribution in [0.3, 0.4) is 0 Å². The van der Waals surface area contributed by atoms with Crippen LogP contribution in [-0.2, 0) is 4.79 Å². The number of ether oxygens (including phenoxy) is 1. The minimum Gasteiger partial charge on any atom is -0.492 e. The molecule has 0 bridgehead atoms. The van der Waals surface area contributed by atoms with E-state index in [4.69, 9.17) is 4.74 Å². The lowest BCUT2D eigenvalue weighted by atomic mass is 9.96. The molecule has 1 atom stereocenters. The highest BCUT2D eigenvalue weighted by Gasteiger charge is 2.12. The number of benzene rings is 1. The molecule has 1 aliphatic heterocycles. The first-order chi connectivity index (χ1) is 10.3. The van der Waals surface area contributed by atoms with Crippen molar-refractivity contribution in [2.24, 2.45) is 5.92 Å². The van der Waals surface area contributed by atoms with Crippen molar-refractivity contribution in [1.29, 1.82) is 0 Å². The Morgan fingerprint density at radius 2 is 2.23 bits per heavy atom. The smallest absolute Gasteiger partial charge is 0.223 e. The van der Waals surface area contributed by atoms with E-state index in [0.717, 1.165) is 36.3 Å². The molecule has 2 N–H and O–H groups in total. The normalized spacial score (nSPS) is 17.4. The van der Waals surface area contributed by atoms with E-state index < -0.39 is 0 Å². The molecule has 0 aliphatic carbocycles. The van der Waals surface area contributed by atoms with Gasteiger partial charge >= 0.3 is 0 Å². The van der Waals surface area contributed by atoms with Gasteiger partial charge in [-0.05, 0) is 66.3 Å². The number of piperidine rings is 1. The maximum absolute atomic E-state index is 11.7. The molecule has 1 fully saturated rings. The maximum atomic E-state index is 11.7. The summed E-state index contributed by atoms with van der Waals surface area (Å²) < 4.78 is 6.50. The fourth-order valence-corrected chi connectivity index (χ4v) is 2.89. The average molecular weight is 392 g/mol. The summed E-state index contributed by atoms with van der Waals surface area (Å²) in [4.78, 5) is 11.7. The molecule has 22 heavy (non-hydrogen) atoms. The average Bonchev–Trinajstić information content (AvgIpc) is 2.50. The summed E-state index contributed by atoms with van der Waals surface area (Å²) in [5.41, 5.74) is 0. The van der Waals surface area contributed by atoms with Gasteiger partial charge in [-0.1, -0.05) is 12.1 Å². The van der Waals surface area contributed by atoms with E-state index in [1.807, 2.05) is 24.3 Å². The lowest BCUT2D eigenvalue weighted by Crippen LogP contribution is -2.33. The lowest BCUT2D eigenvalue weighted by molar-refractivity contribution is -0.121. The van der Waals surface area contributed by atoms with E-state index in [9.17, 15) is 4.79 Å². The van der Waals surface area contributed by atoms with Crippen LogP contribution < -0.4 is 15.4 Å². The maximum Gasteiger partial charge on any atom is 0.223 e. The molecular formula is C16H24BrClN2O2. The number of rotatable bonds is 7. The topological polar surface area (TPSA) is 50.4 Å². The van der Waals surface area contributed by atoms with Gasteiger partial charge in [0.2, 0.25) is 5.91 Å². The summed E-state index contributed by atoms with van der Waals surface area (Å²) in [7, 11) is 0. The van der Waals surface area contributed by atoms with Crippen molar-refractivity contribution in [3.63, 3.8) is 0 Å². The van der Waals surface area contributed by atoms with Crippen LogP contribution in [-0.4, -0.2) is 32.1 Å². The van der Waals surface area contributed by atoms with Gasteiger partial charge in [0.15, 0.2) is 0 Å². The lowest BCUT2D eigenvalue weighted by Gasteiger charge is -2.22. The Hall–Kier alpha value is -0.780. The Morgan fingerprint density at radius 1 is 1.41 bits per heavy atom. The molecule has 1 amide bonds. The van der Waals surface area contributed by atoms with Crippen molar-refractivity contribution in [1.82, 2.24) is 10.6 Å². The van der Waals surface area contributed by atoms with Crippen molar-refractivity contribution < 1.29 is 9.53 Å². The third kappa shape index (κ3) is 6.99. The Kier molecular flexibility index (Phi) is 9.52. The van der Waals surface area contributed by atoms with Gasteiger partial charge in [0, 0.05) is 6.54 Å². The molecule has 2 rings (SSSR count). The van der Waals surface area contributed by atoms with E-state index in [1.54, 1.807) is 0 Å². The molecule has 1 aromatic rings. The van der Waals surface area contributed by atoms with Crippen molar-refractivity contribution in [2.75, 3.05) is 26.2 Å². The Labute approximate surface area is 146 Å². The highest BCUT2D eigenvalue weighted by Crippen LogP contribution is 2.23. The predicted octanol–water partition coefficient (Wildman–Crippen LogP) is 3.15. The van der Waals surface area contributed by atoms with Crippen molar-refractivity contribution in [2.45, 2.75) is 25.7 Å². The number of halogens is 2. The third-order valence-corrected chi connectivity index (χ3v) is 4.35. The SMILES string of the molecule is Cl.O=C(CCOc1ccccc1Br)NCCC1CCCNC1. The third-order valence-electron chi connectivity index (χ3n) is 3.70. The van der Waals surface area contributed by atoms with Crippen LogP contribution in [0, 0.1) is 5.92 Å². The van der Waals surface area contributed by atoms with Gasteiger partial charge in [-0.25, -0.2) is 0 Å². The quantitative estimate of drug-likeness (QED) is 0.751. The number of amides is 1. The van der Waals surface area contributed by atoms with E-state index in [0.29, 0.717) is 18.9 Å². The monoisotopic (exact) mass is 390 g/mol. The first-order valence-corrected chi connectivity index (χ1v) is 8.40. The van der Waals surface area contributed by atoms with Gasteiger partial charge in [0.05, 0.1) is 17.5 Å². The largest absolute Gasteiger partial charge is 0.492 e. The first-order valence-electron chi connectivity index (χ1n) is 7.60. The second-order valence-corrected chi connectivity index (χ2v) is 6.23. The highest BCUT2D eigenvalue weighted by molar-refractivity contribution is 9.10. The molecule has 6 heteroatoms. The first kappa shape index (κ1) is 19.3. The molecule has 0 aromatic heterocycles. The van der Waals surface area contributed by atoms with E-state index in [1.165, 1.54) is 12.8 Å². The molecule has 1 aromatic carbocycles. The second kappa shape index (κ2) is 10.9. The Balaban J connectivity index is 0.00000242. The Morgan fingerprint density at radius 3 is 2.95 bits per heavy atom. The van der Waals surface area contributed by atoms with Crippen LogP contribution in [0.1, 0.15) is 25.7 Å². The predicted molar refractivity (Wildman–Crippen MR) is 94.7 cm³/mol. The molecule has 1 heterocycles. The summed E-state index contributed by atoms with van der Waals surface area (Å²) in [6.45, 7) is 3.38. The van der Waals surface area contributed by atoms with Crippen LogP contribution in [0.25, 0.3) is 0 Å². The zero-order valence-corrected chi connectivity index (χ0v) is 15.0. The zero-order valence-electron chi connectivity index (χ0n) is 12.6. The van der Waals surface area contributed by atoms with Crippen molar-refractivity contribution >= 4 is 34.2 Å². The summed E-state index contributed by atoms with van der Waals surface area (Å²) in [5.74, 6) is 1.54. The van der Waals surface area contributed by atoms with Crippen LogP contribution in [0.5, 0.6) is 5.75 Å². The fraction of sp³-hybridized carbons (Fsp3) is 0.562. The van der Waals surface area contributed by atoms with Crippen LogP contribution in [0.2, 0.25) is 0 Å². The number of hydrogen-bond acceptors (Lipinski definition) is 3. The molecule has 0 spiro atoms. The number of nitrogens with one attached hydrogen (secondary N) is 2. The summed E-state index contributed by atoms with van der Waals surface area (Å²) in [6.07, 6.45) is 3.97. The number of para-hydroxylation sites is 1. The molecule has 0 radical (unpaired) electrons. The van der Waals surface area contributed by atoms with Crippen LogP contribution in [0.15, 0.2) is 28.7 Å². The van der Waals surface area contributed by atoms with E-state index >= 15 is 0 Å².